The normalized spacial score (nSPS) is 25.4. The summed E-state index contributed by atoms with van der Waals surface area (Å²) >= 11 is 6.00. The zero-order valence-electron chi connectivity index (χ0n) is 19.2. The summed E-state index contributed by atoms with van der Waals surface area (Å²) in [6.07, 6.45) is 5.92. The summed E-state index contributed by atoms with van der Waals surface area (Å²) in [5.41, 5.74) is 8.65. The van der Waals surface area contributed by atoms with Crippen LogP contribution in [-0.2, 0) is 9.59 Å². The Kier molecular flexibility index (Phi) is 6.99. The number of nitrogens with one attached hydrogen (secondary N) is 2. The van der Waals surface area contributed by atoms with Gasteiger partial charge in [-0.2, -0.15) is 0 Å². The van der Waals surface area contributed by atoms with Crippen LogP contribution in [0.3, 0.4) is 0 Å². The first-order valence-electron chi connectivity index (χ1n) is 12.1. The summed E-state index contributed by atoms with van der Waals surface area (Å²) in [6.45, 7) is 4.23. The molecule has 0 radical (unpaired) electrons. The number of carbonyl (C=O) groups excluding carboxylic acids is 2. The lowest BCUT2D eigenvalue weighted by Crippen LogP contribution is -2.54. The van der Waals surface area contributed by atoms with Gasteiger partial charge < -0.3 is 14.7 Å². The fourth-order valence-electron chi connectivity index (χ4n) is 5.23. The lowest BCUT2D eigenvalue weighted by Gasteiger charge is -2.40. The Morgan fingerprint density at radius 2 is 1.62 bits per heavy atom. The van der Waals surface area contributed by atoms with Gasteiger partial charge in [0.25, 0.3) is 0 Å². The first kappa shape index (κ1) is 23.1. The van der Waals surface area contributed by atoms with E-state index in [4.69, 9.17) is 11.6 Å². The average Bonchev–Trinajstić information content (AvgIpc) is 3.39. The SMILES string of the molecule is O=C(C1CCCN(C(=O)C2CC(c3ccncc3)NN2)C1)N1CCN(c2ccc(Cl)cc2)CC1. The predicted molar refractivity (Wildman–Crippen MR) is 131 cm³/mol. The molecule has 1 aromatic carbocycles. The highest BCUT2D eigenvalue weighted by Gasteiger charge is 2.37. The van der Waals surface area contributed by atoms with Crippen molar-refractivity contribution in [3.63, 3.8) is 0 Å². The Morgan fingerprint density at radius 3 is 2.35 bits per heavy atom. The third-order valence-electron chi connectivity index (χ3n) is 7.18. The zero-order chi connectivity index (χ0) is 23.5. The molecule has 3 atom stereocenters. The molecular formula is C25H31ClN6O2. The lowest BCUT2D eigenvalue weighted by atomic mass is 9.95. The number of piperidine rings is 1. The number of rotatable bonds is 4. The summed E-state index contributed by atoms with van der Waals surface area (Å²) in [5, 5.41) is 0.727. The number of hydrogen-bond acceptors (Lipinski definition) is 6. The molecule has 3 unspecified atom stereocenters. The highest BCUT2D eigenvalue weighted by Crippen LogP contribution is 2.26. The van der Waals surface area contributed by atoms with Gasteiger partial charge in [-0.25, -0.2) is 10.9 Å². The number of anilines is 1. The molecule has 9 heteroatoms. The van der Waals surface area contributed by atoms with Crippen LogP contribution in [0.5, 0.6) is 0 Å². The maximum atomic E-state index is 13.3. The van der Waals surface area contributed by atoms with E-state index in [-0.39, 0.29) is 29.8 Å². The molecular weight excluding hydrogens is 452 g/mol. The third-order valence-corrected chi connectivity index (χ3v) is 7.43. The van der Waals surface area contributed by atoms with E-state index in [1.54, 1.807) is 12.4 Å². The summed E-state index contributed by atoms with van der Waals surface area (Å²) in [7, 11) is 0. The number of hydrazine groups is 1. The minimum absolute atomic E-state index is 0.0779. The van der Waals surface area contributed by atoms with Gasteiger partial charge in [-0.3, -0.25) is 14.6 Å². The van der Waals surface area contributed by atoms with Crippen molar-refractivity contribution in [1.82, 2.24) is 25.6 Å². The number of likely N-dealkylation sites (tertiary alicyclic amines) is 1. The van der Waals surface area contributed by atoms with Gasteiger partial charge in [0, 0.05) is 68.4 Å². The molecule has 0 aliphatic carbocycles. The fourth-order valence-corrected chi connectivity index (χ4v) is 5.35. The number of nitrogens with zero attached hydrogens (tertiary/aromatic N) is 4. The van der Waals surface area contributed by atoms with Crippen molar-refractivity contribution in [3.05, 3.63) is 59.4 Å². The number of halogens is 1. The van der Waals surface area contributed by atoms with E-state index < -0.39 is 0 Å². The van der Waals surface area contributed by atoms with Crippen LogP contribution >= 0.6 is 11.6 Å². The third kappa shape index (κ3) is 5.04. The average molecular weight is 483 g/mol. The van der Waals surface area contributed by atoms with E-state index in [2.05, 4.69) is 20.7 Å². The van der Waals surface area contributed by atoms with Crippen molar-refractivity contribution in [2.24, 2.45) is 5.92 Å². The second-order valence-corrected chi connectivity index (χ2v) is 9.76. The molecule has 3 aliphatic heterocycles. The quantitative estimate of drug-likeness (QED) is 0.695. The first-order chi connectivity index (χ1) is 16.6. The van der Waals surface area contributed by atoms with Crippen molar-refractivity contribution in [2.75, 3.05) is 44.2 Å². The van der Waals surface area contributed by atoms with E-state index in [0.717, 1.165) is 42.2 Å². The smallest absolute Gasteiger partial charge is 0.241 e. The van der Waals surface area contributed by atoms with Gasteiger partial charge in [-0.15, -0.1) is 0 Å². The van der Waals surface area contributed by atoms with Crippen molar-refractivity contribution >= 4 is 29.1 Å². The highest BCUT2D eigenvalue weighted by molar-refractivity contribution is 6.30. The first-order valence-corrected chi connectivity index (χ1v) is 12.5. The Hall–Kier alpha value is -2.68. The molecule has 0 spiro atoms. The van der Waals surface area contributed by atoms with Crippen molar-refractivity contribution in [1.29, 1.82) is 0 Å². The molecule has 2 aromatic rings. The number of benzene rings is 1. The largest absolute Gasteiger partial charge is 0.368 e. The highest BCUT2D eigenvalue weighted by atomic mass is 35.5. The molecule has 1 aromatic heterocycles. The van der Waals surface area contributed by atoms with Crippen LogP contribution < -0.4 is 15.8 Å². The van der Waals surface area contributed by atoms with E-state index in [0.29, 0.717) is 32.6 Å². The van der Waals surface area contributed by atoms with E-state index >= 15 is 0 Å². The lowest BCUT2D eigenvalue weighted by molar-refractivity contribution is -0.142. The molecule has 34 heavy (non-hydrogen) atoms. The van der Waals surface area contributed by atoms with Crippen LogP contribution in [0.15, 0.2) is 48.8 Å². The van der Waals surface area contributed by atoms with Gasteiger partial charge in [0.1, 0.15) is 6.04 Å². The van der Waals surface area contributed by atoms with Gasteiger partial charge >= 0.3 is 0 Å². The predicted octanol–water partition coefficient (Wildman–Crippen LogP) is 2.23. The molecule has 2 amide bonds. The number of amides is 2. The van der Waals surface area contributed by atoms with Crippen LogP contribution in [-0.4, -0.2) is 71.9 Å². The maximum Gasteiger partial charge on any atom is 0.241 e. The van der Waals surface area contributed by atoms with Crippen molar-refractivity contribution in [2.45, 2.75) is 31.3 Å². The number of pyridine rings is 1. The monoisotopic (exact) mass is 482 g/mol. The fraction of sp³-hybridized carbons (Fsp3) is 0.480. The molecule has 0 saturated carbocycles. The summed E-state index contributed by atoms with van der Waals surface area (Å²) in [6, 6.07) is 11.6. The minimum Gasteiger partial charge on any atom is -0.368 e. The van der Waals surface area contributed by atoms with Gasteiger partial charge in [-0.1, -0.05) is 11.6 Å². The molecule has 8 nitrogen and oxygen atoms in total. The number of hydrogen-bond donors (Lipinski definition) is 2. The van der Waals surface area contributed by atoms with Crippen LogP contribution in [0, 0.1) is 5.92 Å². The number of aromatic nitrogens is 1. The molecule has 5 rings (SSSR count). The number of carbonyl (C=O) groups is 2. The molecule has 3 saturated heterocycles. The summed E-state index contributed by atoms with van der Waals surface area (Å²) < 4.78 is 0. The zero-order valence-corrected chi connectivity index (χ0v) is 20.0. The van der Waals surface area contributed by atoms with E-state index in [9.17, 15) is 9.59 Å². The molecule has 2 N–H and O–H groups in total. The molecule has 4 heterocycles. The van der Waals surface area contributed by atoms with Crippen molar-refractivity contribution < 1.29 is 9.59 Å². The Morgan fingerprint density at radius 1 is 0.882 bits per heavy atom. The summed E-state index contributed by atoms with van der Waals surface area (Å²) in [5.74, 6) is 0.139. The van der Waals surface area contributed by atoms with Gasteiger partial charge in [0.15, 0.2) is 0 Å². The number of piperazine rings is 1. The van der Waals surface area contributed by atoms with Crippen LogP contribution in [0.2, 0.25) is 5.02 Å². The Labute approximate surface area is 205 Å². The molecule has 0 bridgehead atoms. The van der Waals surface area contributed by atoms with E-state index in [1.807, 2.05) is 46.2 Å². The van der Waals surface area contributed by atoms with Crippen LogP contribution in [0.4, 0.5) is 5.69 Å². The standard InChI is InChI=1S/C25H31ClN6O2/c26-20-3-5-21(6-4-20)30-12-14-31(15-13-30)24(33)19-2-1-11-32(17-19)25(34)23-16-22(28-29-23)18-7-9-27-10-8-18/h3-10,19,22-23,28-29H,1-2,11-17H2. The maximum absolute atomic E-state index is 13.3. The second kappa shape index (κ2) is 10.3. The molecule has 180 valence electrons. The molecule has 3 aliphatic rings. The van der Waals surface area contributed by atoms with Crippen LogP contribution in [0.25, 0.3) is 0 Å². The Balaban J connectivity index is 1.13. The topological polar surface area (TPSA) is 80.8 Å². The van der Waals surface area contributed by atoms with Gasteiger partial charge in [0.2, 0.25) is 11.8 Å². The Bertz CT molecular complexity index is 996. The summed E-state index contributed by atoms with van der Waals surface area (Å²) in [4.78, 5) is 36.7. The van der Waals surface area contributed by atoms with Gasteiger partial charge in [-0.05, 0) is 61.2 Å². The molecule has 3 fully saturated rings. The van der Waals surface area contributed by atoms with E-state index in [1.165, 1.54) is 0 Å². The second-order valence-electron chi connectivity index (χ2n) is 9.32. The van der Waals surface area contributed by atoms with Crippen LogP contribution in [0.1, 0.15) is 30.9 Å². The van der Waals surface area contributed by atoms with Gasteiger partial charge in [0.05, 0.1) is 5.92 Å². The minimum atomic E-state index is -0.282. The van der Waals surface area contributed by atoms with Crippen molar-refractivity contribution in [3.8, 4) is 0 Å².